The number of rotatable bonds is 8. The Morgan fingerprint density at radius 3 is 2.41 bits per heavy atom. The van der Waals surface area contributed by atoms with Crippen molar-refractivity contribution in [2.75, 3.05) is 6.61 Å². The summed E-state index contributed by atoms with van der Waals surface area (Å²) >= 11 is 0. The van der Waals surface area contributed by atoms with E-state index in [1.165, 1.54) is 6.42 Å². The van der Waals surface area contributed by atoms with Crippen LogP contribution in [0.3, 0.4) is 0 Å². The lowest BCUT2D eigenvalue weighted by Gasteiger charge is -2.38. The number of benzene rings is 1. The van der Waals surface area contributed by atoms with Gasteiger partial charge in [-0.15, -0.1) is 0 Å². The number of hydrogen-bond donors (Lipinski definition) is 0. The van der Waals surface area contributed by atoms with Gasteiger partial charge < -0.3 is 9.47 Å². The van der Waals surface area contributed by atoms with Gasteiger partial charge in [-0.2, -0.15) is 0 Å². The van der Waals surface area contributed by atoms with Gasteiger partial charge in [0.25, 0.3) is 0 Å². The van der Waals surface area contributed by atoms with Gasteiger partial charge in [-0.3, -0.25) is 4.79 Å². The highest BCUT2D eigenvalue weighted by Gasteiger charge is 2.38. The van der Waals surface area contributed by atoms with Crippen molar-refractivity contribution in [3.63, 3.8) is 0 Å². The predicted molar refractivity (Wildman–Crippen MR) is 87.8 cm³/mol. The molecule has 2 rings (SSSR count). The van der Waals surface area contributed by atoms with Crippen molar-refractivity contribution in [1.82, 2.24) is 0 Å². The minimum atomic E-state index is -0.840. The Balaban J connectivity index is 2.23. The summed E-state index contributed by atoms with van der Waals surface area (Å²) in [7, 11) is 0. The van der Waals surface area contributed by atoms with Crippen LogP contribution in [0.1, 0.15) is 57.9 Å². The van der Waals surface area contributed by atoms with E-state index < -0.39 is 5.60 Å². The molecule has 1 fully saturated rings. The highest BCUT2D eigenvalue weighted by atomic mass is 16.6. The van der Waals surface area contributed by atoms with Gasteiger partial charge in [-0.1, -0.05) is 56.5 Å². The normalized spacial score (nSPS) is 24.6. The molecule has 0 aliphatic heterocycles. The number of aldehydes is 1. The van der Waals surface area contributed by atoms with Crippen LogP contribution in [-0.2, 0) is 19.9 Å². The monoisotopic (exact) mass is 304 g/mol. The number of hydrogen-bond acceptors (Lipinski definition) is 3. The van der Waals surface area contributed by atoms with Crippen molar-refractivity contribution < 1.29 is 14.3 Å². The SMILES string of the molecule is CCCC(C=O)(O[C@@H]1CCCC[C@H]1OCC)c1ccccc1. The molecule has 22 heavy (non-hydrogen) atoms. The molecule has 0 heterocycles. The smallest absolute Gasteiger partial charge is 0.156 e. The summed E-state index contributed by atoms with van der Waals surface area (Å²) in [6.07, 6.45) is 7.02. The van der Waals surface area contributed by atoms with Gasteiger partial charge in [0, 0.05) is 6.61 Å². The quantitative estimate of drug-likeness (QED) is 0.674. The fourth-order valence-electron chi connectivity index (χ4n) is 3.39. The minimum Gasteiger partial charge on any atom is -0.376 e. The molecule has 122 valence electrons. The molecule has 1 aliphatic rings. The highest BCUT2D eigenvalue weighted by molar-refractivity contribution is 5.66. The number of carbonyl (C=O) groups excluding carboxylic acids is 1. The Hall–Kier alpha value is -1.19. The predicted octanol–water partition coefficient (Wildman–Crippen LogP) is 4.25. The van der Waals surface area contributed by atoms with Crippen LogP contribution < -0.4 is 0 Å². The first-order chi connectivity index (χ1) is 10.8. The van der Waals surface area contributed by atoms with Crippen molar-refractivity contribution in [1.29, 1.82) is 0 Å². The summed E-state index contributed by atoms with van der Waals surface area (Å²) in [5.41, 5.74) is 0.112. The molecule has 0 bridgehead atoms. The summed E-state index contributed by atoms with van der Waals surface area (Å²) in [5.74, 6) is 0. The van der Waals surface area contributed by atoms with E-state index in [9.17, 15) is 4.79 Å². The lowest BCUT2D eigenvalue weighted by molar-refractivity contribution is -0.171. The van der Waals surface area contributed by atoms with Crippen LogP contribution in [0.15, 0.2) is 30.3 Å². The second-order valence-electron chi connectivity index (χ2n) is 6.06. The second-order valence-corrected chi connectivity index (χ2v) is 6.06. The molecule has 3 atom stereocenters. The van der Waals surface area contributed by atoms with Crippen molar-refractivity contribution in [3.05, 3.63) is 35.9 Å². The average molecular weight is 304 g/mol. The maximum Gasteiger partial charge on any atom is 0.156 e. The molecule has 3 heteroatoms. The molecule has 1 aromatic rings. The van der Waals surface area contributed by atoms with Gasteiger partial charge in [0.15, 0.2) is 6.29 Å². The van der Waals surface area contributed by atoms with E-state index in [2.05, 4.69) is 6.92 Å². The Labute approximate surface area is 134 Å². The molecule has 0 radical (unpaired) electrons. The average Bonchev–Trinajstić information content (AvgIpc) is 2.57. The van der Waals surface area contributed by atoms with Gasteiger partial charge in [0.2, 0.25) is 0 Å². The van der Waals surface area contributed by atoms with E-state index in [4.69, 9.17) is 9.47 Å². The first kappa shape index (κ1) is 17.2. The third kappa shape index (κ3) is 3.96. The summed E-state index contributed by atoms with van der Waals surface area (Å²) in [6, 6.07) is 9.88. The Morgan fingerprint density at radius 2 is 1.82 bits per heavy atom. The third-order valence-electron chi connectivity index (χ3n) is 4.46. The maximum atomic E-state index is 12.0. The molecule has 3 nitrogen and oxygen atoms in total. The molecule has 1 aliphatic carbocycles. The Bertz CT molecular complexity index is 443. The molecular formula is C19H28O3. The topological polar surface area (TPSA) is 35.5 Å². The molecule has 1 saturated carbocycles. The van der Waals surface area contributed by atoms with E-state index in [1.54, 1.807) is 0 Å². The zero-order valence-corrected chi connectivity index (χ0v) is 13.8. The van der Waals surface area contributed by atoms with Crippen LogP contribution in [-0.4, -0.2) is 25.1 Å². The van der Waals surface area contributed by atoms with Gasteiger partial charge in [-0.05, 0) is 31.7 Å². The van der Waals surface area contributed by atoms with Crippen molar-refractivity contribution >= 4 is 6.29 Å². The minimum absolute atomic E-state index is 0.00524. The van der Waals surface area contributed by atoms with E-state index in [0.717, 1.165) is 37.5 Å². The van der Waals surface area contributed by atoms with Crippen molar-refractivity contribution in [3.8, 4) is 0 Å². The molecule has 0 N–H and O–H groups in total. The molecule has 1 unspecified atom stereocenters. The highest BCUT2D eigenvalue weighted by Crippen LogP contribution is 2.35. The second kappa shape index (κ2) is 8.44. The first-order valence-corrected chi connectivity index (χ1v) is 8.57. The fourth-order valence-corrected chi connectivity index (χ4v) is 3.39. The summed E-state index contributed by atoms with van der Waals surface area (Å²) in [6.45, 7) is 4.80. The molecular weight excluding hydrogens is 276 g/mol. The van der Waals surface area contributed by atoms with Crippen molar-refractivity contribution in [2.24, 2.45) is 0 Å². The van der Waals surface area contributed by atoms with E-state index in [0.29, 0.717) is 13.0 Å². The largest absolute Gasteiger partial charge is 0.376 e. The van der Waals surface area contributed by atoms with Crippen LogP contribution in [0, 0.1) is 0 Å². The molecule has 0 aromatic heterocycles. The van der Waals surface area contributed by atoms with Gasteiger partial charge in [-0.25, -0.2) is 0 Å². The Morgan fingerprint density at radius 1 is 1.14 bits per heavy atom. The van der Waals surface area contributed by atoms with E-state index in [1.807, 2.05) is 37.3 Å². The fraction of sp³-hybridized carbons (Fsp3) is 0.632. The van der Waals surface area contributed by atoms with Gasteiger partial charge >= 0.3 is 0 Å². The van der Waals surface area contributed by atoms with Crippen LogP contribution in [0.2, 0.25) is 0 Å². The molecule has 1 aromatic carbocycles. The summed E-state index contributed by atoms with van der Waals surface area (Å²) < 4.78 is 12.3. The number of carbonyl (C=O) groups is 1. The van der Waals surface area contributed by atoms with Crippen LogP contribution >= 0.6 is 0 Å². The molecule has 0 amide bonds. The van der Waals surface area contributed by atoms with E-state index >= 15 is 0 Å². The van der Waals surface area contributed by atoms with Gasteiger partial charge in [0.1, 0.15) is 5.60 Å². The van der Waals surface area contributed by atoms with Crippen LogP contribution in [0.4, 0.5) is 0 Å². The van der Waals surface area contributed by atoms with Crippen molar-refractivity contribution in [2.45, 2.75) is 70.2 Å². The summed E-state index contributed by atoms with van der Waals surface area (Å²) in [5, 5.41) is 0. The number of ether oxygens (including phenoxy) is 2. The van der Waals surface area contributed by atoms with Crippen LogP contribution in [0.25, 0.3) is 0 Å². The van der Waals surface area contributed by atoms with E-state index in [-0.39, 0.29) is 12.2 Å². The summed E-state index contributed by atoms with van der Waals surface area (Å²) in [4.78, 5) is 12.0. The zero-order chi connectivity index (χ0) is 15.8. The van der Waals surface area contributed by atoms with Crippen LogP contribution in [0.5, 0.6) is 0 Å². The lowest BCUT2D eigenvalue weighted by atomic mass is 9.88. The zero-order valence-electron chi connectivity index (χ0n) is 13.8. The maximum absolute atomic E-state index is 12.0. The first-order valence-electron chi connectivity index (χ1n) is 8.57. The lowest BCUT2D eigenvalue weighted by Crippen LogP contribution is -2.43. The Kier molecular flexibility index (Phi) is 6.59. The third-order valence-corrected chi connectivity index (χ3v) is 4.46. The molecule has 0 spiro atoms. The molecule has 0 saturated heterocycles. The standard InChI is InChI=1S/C19H28O3/c1-3-14-19(15-20,16-10-6-5-7-11-16)22-18-13-9-8-12-17(18)21-4-2/h5-7,10-11,15,17-18H,3-4,8-9,12-14H2,1-2H3/t17-,18-,19?/m1/s1. The van der Waals surface area contributed by atoms with Gasteiger partial charge in [0.05, 0.1) is 12.2 Å².